The molecule has 0 saturated heterocycles. The summed E-state index contributed by atoms with van der Waals surface area (Å²) < 4.78 is 0. The van der Waals surface area contributed by atoms with Crippen molar-refractivity contribution in [3.8, 4) is 0 Å². The molecule has 0 atom stereocenters. The van der Waals surface area contributed by atoms with Gasteiger partial charge in [0.05, 0.1) is 0 Å². The van der Waals surface area contributed by atoms with Crippen LogP contribution in [0.3, 0.4) is 0 Å². The lowest BCUT2D eigenvalue weighted by Gasteiger charge is -1.85. The third kappa shape index (κ3) is 7.03. The first-order chi connectivity index (χ1) is 5.66. The minimum absolute atomic E-state index is 0.167. The van der Waals surface area contributed by atoms with Gasteiger partial charge in [0.2, 0.25) is 0 Å². The van der Waals surface area contributed by atoms with Gasteiger partial charge >= 0.3 is 0 Å². The molecule has 0 aliphatic carbocycles. The first kappa shape index (κ1) is 10.9. The first-order valence-electron chi connectivity index (χ1n) is 4.02. The summed E-state index contributed by atoms with van der Waals surface area (Å²) in [5.74, 6) is 0. The Morgan fingerprint density at radius 3 is 1.92 bits per heavy atom. The molecule has 0 saturated carbocycles. The highest BCUT2D eigenvalue weighted by molar-refractivity contribution is 5.45. The van der Waals surface area contributed by atoms with E-state index in [1.54, 1.807) is 13.8 Å². The van der Waals surface area contributed by atoms with Crippen LogP contribution in [0.4, 0.5) is 0 Å². The Morgan fingerprint density at radius 1 is 1.25 bits per heavy atom. The molecule has 1 aromatic carbocycles. The highest BCUT2D eigenvalue weighted by Crippen LogP contribution is 1.97. The van der Waals surface area contributed by atoms with Gasteiger partial charge < -0.3 is 5.11 Å². The average molecular weight is 164 g/mol. The lowest BCUT2D eigenvalue weighted by atomic mass is 10.2. The summed E-state index contributed by atoms with van der Waals surface area (Å²) in [6, 6.07) is 10.0. The van der Waals surface area contributed by atoms with Crippen LogP contribution in [0.15, 0.2) is 36.9 Å². The van der Waals surface area contributed by atoms with Gasteiger partial charge in [0.1, 0.15) is 0 Å². The zero-order chi connectivity index (χ0) is 9.40. The summed E-state index contributed by atoms with van der Waals surface area (Å²) >= 11 is 0. The van der Waals surface area contributed by atoms with Gasteiger partial charge in [0.25, 0.3) is 0 Å². The number of rotatable bonds is 1. The molecule has 1 rings (SSSR count). The lowest BCUT2D eigenvalue weighted by molar-refractivity contribution is 0.216. The second-order valence-electron chi connectivity index (χ2n) is 2.71. The highest BCUT2D eigenvalue weighted by atomic mass is 16.3. The minimum Gasteiger partial charge on any atom is -0.394 e. The summed E-state index contributed by atoms with van der Waals surface area (Å²) in [5.41, 5.74) is 1.17. The molecule has 0 spiro atoms. The van der Waals surface area contributed by atoms with Crippen molar-refractivity contribution in [2.24, 2.45) is 0 Å². The Bertz CT molecular complexity index is 199. The summed E-state index contributed by atoms with van der Waals surface area (Å²) in [4.78, 5) is 0. The van der Waals surface area contributed by atoms with Crippen LogP contribution >= 0.6 is 0 Å². The van der Waals surface area contributed by atoms with Crippen LogP contribution in [0.2, 0.25) is 0 Å². The molecule has 0 aromatic heterocycles. The topological polar surface area (TPSA) is 20.2 Å². The maximum Gasteiger partial charge on any atom is 0.0483 e. The van der Waals surface area contributed by atoms with Crippen molar-refractivity contribution in [1.29, 1.82) is 0 Å². The second kappa shape index (κ2) is 6.62. The van der Waals surface area contributed by atoms with E-state index in [0.717, 1.165) is 0 Å². The molecule has 0 bridgehead atoms. The second-order valence-corrected chi connectivity index (χ2v) is 2.71. The molecule has 12 heavy (non-hydrogen) atoms. The van der Waals surface area contributed by atoms with Crippen molar-refractivity contribution in [2.45, 2.75) is 20.0 Å². The van der Waals surface area contributed by atoms with Gasteiger partial charge in [-0.2, -0.15) is 0 Å². The molecule has 1 N–H and O–H groups in total. The Morgan fingerprint density at radius 2 is 1.67 bits per heavy atom. The minimum atomic E-state index is -0.167. The highest BCUT2D eigenvalue weighted by Gasteiger charge is 1.75. The molecule has 66 valence electrons. The van der Waals surface area contributed by atoms with Crippen molar-refractivity contribution in [1.82, 2.24) is 0 Å². The third-order valence-electron chi connectivity index (χ3n) is 1.04. The Kier molecular flexibility index (Phi) is 6.02. The van der Waals surface area contributed by atoms with Crippen LogP contribution in [0.1, 0.15) is 19.4 Å². The number of hydrogen-bond acceptors (Lipinski definition) is 1. The fourth-order valence-corrected chi connectivity index (χ4v) is 0.589. The van der Waals surface area contributed by atoms with E-state index in [4.69, 9.17) is 5.11 Å². The summed E-state index contributed by atoms with van der Waals surface area (Å²) in [7, 11) is 0. The van der Waals surface area contributed by atoms with Crippen LogP contribution < -0.4 is 0 Å². The van der Waals surface area contributed by atoms with Gasteiger partial charge in [0.15, 0.2) is 0 Å². The van der Waals surface area contributed by atoms with E-state index < -0.39 is 0 Å². The fraction of sp³-hybridized carbons (Fsp3) is 0.273. The van der Waals surface area contributed by atoms with E-state index >= 15 is 0 Å². The van der Waals surface area contributed by atoms with E-state index in [9.17, 15) is 0 Å². The van der Waals surface area contributed by atoms with Crippen molar-refractivity contribution in [3.05, 3.63) is 42.5 Å². The molecule has 1 nitrogen and oxygen atoms in total. The number of hydrogen-bond donors (Lipinski definition) is 1. The molecule has 0 fully saturated rings. The number of aliphatic hydroxyl groups is 1. The van der Waals surface area contributed by atoms with Crippen LogP contribution in [0.25, 0.3) is 6.08 Å². The molecular weight excluding hydrogens is 148 g/mol. The molecule has 0 unspecified atom stereocenters. The lowest BCUT2D eigenvalue weighted by Crippen LogP contribution is -1.85. The molecule has 1 heteroatoms. The van der Waals surface area contributed by atoms with E-state index in [1.807, 2.05) is 36.4 Å². The van der Waals surface area contributed by atoms with Gasteiger partial charge in [-0.1, -0.05) is 43.0 Å². The van der Waals surface area contributed by atoms with Crippen molar-refractivity contribution >= 4 is 6.08 Å². The largest absolute Gasteiger partial charge is 0.394 e. The van der Waals surface area contributed by atoms with E-state index in [2.05, 4.69) is 6.58 Å². The molecular formula is C11H16O. The van der Waals surface area contributed by atoms with Gasteiger partial charge in [0, 0.05) is 6.10 Å². The van der Waals surface area contributed by atoms with Gasteiger partial charge in [-0.3, -0.25) is 0 Å². The van der Waals surface area contributed by atoms with E-state index in [1.165, 1.54) is 5.56 Å². The van der Waals surface area contributed by atoms with Crippen molar-refractivity contribution < 1.29 is 5.11 Å². The predicted molar refractivity (Wildman–Crippen MR) is 53.9 cm³/mol. The Labute approximate surface area is 74.4 Å². The van der Waals surface area contributed by atoms with E-state index in [0.29, 0.717) is 0 Å². The first-order valence-corrected chi connectivity index (χ1v) is 4.02. The molecule has 0 heterocycles. The number of benzene rings is 1. The van der Waals surface area contributed by atoms with E-state index in [-0.39, 0.29) is 6.10 Å². The van der Waals surface area contributed by atoms with Gasteiger partial charge in [-0.05, 0) is 19.4 Å². The Hall–Kier alpha value is -1.08. The normalized spacial score (nSPS) is 8.67. The SMILES string of the molecule is C=Cc1ccccc1.CC(C)O. The predicted octanol–water partition coefficient (Wildman–Crippen LogP) is 2.72. The zero-order valence-corrected chi connectivity index (χ0v) is 7.70. The standard InChI is InChI=1S/C8H8.C3H8O/c1-2-8-6-4-3-5-7-8;1-3(2)4/h2-7H,1H2;3-4H,1-2H3. The van der Waals surface area contributed by atoms with Gasteiger partial charge in [-0.25, -0.2) is 0 Å². The zero-order valence-electron chi connectivity index (χ0n) is 7.70. The quantitative estimate of drug-likeness (QED) is 0.676. The van der Waals surface area contributed by atoms with Crippen molar-refractivity contribution in [3.63, 3.8) is 0 Å². The maximum atomic E-state index is 8.06. The fourth-order valence-electron chi connectivity index (χ4n) is 0.589. The summed E-state index contributed by atoms with van der Waals surface area (Å²) in [6.45, 7) is 7.08. The number of aliphatic hydroxyl groups excluding tert-OH is 1. The average Bonchev–Trinajstić information content (AvgIpc) is 2.05. The molecule has 0 radical (unpaired) electrons. The van der Waals surface area contributed by atoms with Crippen LogP contribution in [-0.2, 0) is 0 Å². The van der Waals surface area contributed by atoms with Crippen LogP contribution in [-0.4, -0.2) is 11.2 Å². The Balaban J connectivity index is 0.000000261. The van der Waals surface area contributed by atoms with Crippen LogP contribution in [0, 0.1) is 0 Å². The maximum absolute atomic E-state index is 8.06. The third-order valence-corrected chi connectivity index (χ3v) is 1.04. The monoisotopic (exact) mass is 164 g/mol. The molecule has 1 aromatic rings. The summed E-state index contributed by atoms with van der Waals surface area (Å²) in [5, 5.41) is 8.06. The molecule has 0 aliphatic heterocycles. The molecule has 0 amide bonds. The van der Waals surface area contributed by atoms with Crippen molar-refractivity contribution in [2.75, 3.05) is 0 Å². The smallest absolute Gasteiger partial charge is 0.0483 e. The molecule has 0 aliphatic rings. The summed E-state index contributed by atoms with van der Waals surface area (Å²) in [6.07, 6.45) is 1.67. The van der Waals surface area contributed by atoms with Crippen LogP contribution in [0.5, 0.6) is 0 Å². The van der Waals surface area contributed by atoms with Gasteiger partial charge in [-0.15, -0.1) is 0 Å².